The SMILES string of the molecule is O=C(Nc1c(Cl)cccc1CO)OCC1c2ccccc2-c2ccccc21. The summed E-state index contributed by atoms with van der Waals surface area (Å²) in [4.78, 5) is 12.3. The molecule has 0 bridgehead atoms. The number of carbonyl (C=O) groups excluding carboxylic acids is 1. The van der Waals surface area contributed by atoms with Crippen molar-refractivity contribution in [2.24, 2.45) is 0 Å². The van der Waals surface area contributed by atoms with Crippen LogP contribution in [0.25, 0.3) is 11.1 Å². The lowest BCUT2D eigenvalue weighted by Gasteiger charge is -2.16. The van der Waals surface area contributed by atoms with E-state index in [4.69, 9.17) is 16.3 Å². The van der Waals surface area contributed by atoms with Crippen LogP contribution >= 0.6 is 11.6 Å². The Morgan fingerprint density at radius 1 is 0.963 bits per heavy atom. The first-order chi connectivity index (χ1) is 13.2. The molecule has 2 N–H and O–H groups in total. The lowest BCUT2D eigenvalue weighted by atomic mass is 9.98. The first-order valence-corrected chi connectivity index (χ1v) is 9.07. The van der Waals surface area contributed by atoms with Gasteiger partial charge in [0.2, 0.25) is 0 Å². The summed E-state index contributed by atoms with van der Waals surface area (Å²) in [6.45, 7) is -0.00167. The van der Waals surface area contributed by atoms with Crippen LogP contribution in [-0.4, -0.2) is 17.8 Å². The molecule has 3 aromatic rings. The van der Waals surface area contributed by atoms with Crippen molar-refractivity contribution in [1.29, 1.82) is 0 Å². The summed E-state index contributed by atoms with van der Waals surface area (Å²) in [7, 11) is 0. The number of para-hydroxylation sites is 1. The molecule has 0 saturated carbocycles. The number of ether oxygens (including phenoxy) is 1. The van der Waals surface area contributed by atoms with Crippen LogP contribution in [-0.2, 0) is 11.3 Å². The van der Waals surface area contributed by atoms with Crippen LogP contribution in [0.2, 0.25) is 5.02 Å². The zero-order valence-electron chi connectivity index (χ0n) is 14.5. The second-order valence-corrected chi connectivity index (χ2v) is 6.79. The Labute approximate surface area is 162 Å². The number of anilines is 1. The Hall–Kier alpha value is -2.82. The highest BCUT2D eigenvalue weighted by Gasteiger charge is 2.29. The molecule has 4 rings (SSSR count). The van der Waals surface area contributed by atoms with Crippen LogP contribution < -0.4 is 5.32 Å². The molecule has 27 heavy (non-hydrogen) atoms. The average Bonchev–Trinajstić information content (AvgIpc) is 3.02. The fraction of sp³-hybridized carbons (Fsp3) is 0.136. The van der Waals surface area contributed by atoms with Gasteiger partial charge in [0.1, 0.15) is 6.61 Å². The number of aliphatic hydroxyl groups excluding tert-OH is 1. The molecule has 136 valence electrons. The molecule has 0 atom stereocenters. The van der Waals surface area contributed by atoms with Crippen LogP contribution in [0.5, 0.6) is 0 Å². The van der Waals surface area contributed by atoms with Crippen molar-refractivity contribution >= 4 is 23.4 Å². The van der Waals surface area contributed by atoms with Gasteiger partial charge < -0.3 is 9.84 Å². The van der Waals surface area contributed by atoms with E-state index in [0.717, 1.165) is 11.1 Å². The number of benzene rings is 3. The number of carbonyl (C=O) groups is 1. The van der Waals surface area contributed by atoms with Crippen molar-refractivity contribution in [3.05, 3.63) is 88.4 Å². The summed E-state index contributed by atoms with van der Waals surface area (Å²) in [5, 5.41) is 12.4. The van der Waals surface area contributed by atoms with Crippen LogP contribution in [0.4, 0.5) is 10.5 Å². The largest absolute Gasteiger partial charge is 0.448 e. The predicted molar refractivity (Wildman–Crippen MR) is 106 cm³/mol. The van der Waals surface area contributed by atoms with Gasteiger partial charge in [0.25, 0.3) is 0 Å². The van der Waals surface area contributed by atoms with Crippen molar-refractivity contribution in [2.45, 2.75) is 12.5 Å². The minimum Gasteiger partial charge on any atom is -0.448 e. The van der Waals surface area contributed by atoms with Crippen LogP contribution in [0.15, 0.2) is 66.7 Å². The van der Waals surface area contributed by atoms with E-state index >= 15 is 0 Å². The Morgan fingerprint density at radius 2 is 1.59 bits per heavy atom. The normalized spacial score (nSPS) is 12.4. The van der Waals surface area contributed by atoms with E-state index in [-0.39, 0.29) is 19.1 Å². The van der Waals surface area contributed by atoms with E-state index in [2.05, 4.69) is 29.6 Å². The Balaban J connectivity index is 1.52. The molecule has 0 heterocycles. The van der Waals surface area contributed by atoms with Gasteiger partial charge in [-0.05, 0) is 28.3 Å². The minimum atomic E-state index is -0.598. The number of hydrogen-bond donors (Lipinski definition) is 2. The molecule has 0 saturated heterocycles. The number of hydrogen-bond acceptors (Lipinski definition) is 3. The van der Waals surface area contributed by atoms with Gasteiger partial charge in [0, 0.05) is 11.5 Å². The molecule has 5 heteroatoms. The van der Waals surface area contributed by atoms with E-state index in [1.807, 2.05) is 24.3 Å². The number of amides is 1. The third-order valence-electron chi connectivity index (χ3n) is 4.84. The first kappa shape index (κ1) is 17.6. The molecule has 0 radical (unpaired) electrons. The maximum atomic E-state index is 12.3. The van der Waals surface area contributed by atoms with Gasteiger partial charge in [0.15, 0.2) is 0 Å². The molecule has 0 aromatic heterocycles. The van der Waals surface area contributed by atoms with Gasteiger partial charge in [0.05, 0.1) is 17.3 Å². The van der Waals surface area contributed by atoms with Crippen LogP contribution in [0, 0.1) is 0 Å². The van der Waals surface area contributed by atoms with Crippen molar-refractivity contribution in [3.8, 4) is 11.1 Å². The lowest BCUT2D eigenvalue weighted by Crippen LogP contribution is -2.19. The number of nitrogens with one attached hydrogen (secondary N) is 1. The van der Waals surface area contributed by atoms with Gasteiger partial charge in [-0.25, -0.2) is 4.79 Å². The Bertz CT molecular complexity index is 957. The molecular formula is C22H18ClNO3. The topological polar surface area (TPSA) is 58.6 Å². The number of rotatable bonds is 4. The third-order valence-corrected chi connectivity index (χ3v) is 5.16. The highest BCUT2D eigenvalue weighted by molar-refractivity contribution is 6.33. The van der Waals surface area contributed by atoms with Crippen LogP contribution in [0.3, 0.4) is 0 Å². The predicted octanol–water partition coefficient (Wildman–Crippen LogP) is 5.19. The van der Waals surface area contributed by atoms with E-state index in [9.17, 15) is 9.90 Å². The second-order valence-electron chi connectivity index (χ2n) is 6.38. The van der Waals surface area contributed by atoms with Crippen molar-refractivity contribution in [2.75, 3.05) is 11.9 Å². The zero-order chi connectivity index (χ0) is 18.8. The van der Waals surface area contributed by atoms with Gasteiger partial charge in [-0.2, -0.15) is 0 Å². The van der Waals surface area contributed by atoms with E-state index < -0.39 is 6.09 Å². The molecule has 3 aromatic carbocycles. The fourth-order valence-electron chi connectivity index (χ4n) is 3.58. The molecule has 0 fully saturated rings. The summed E-state index contributed by atoms with van der Waals surface area (Å²) in [6.07, 6.45) is -0.598. The lowest BCUT2D eigenvalue weighted by molar-refractivity contribution is 0.158. The van der Waals surface area contributed by atoms with Gasteiger partial charge in [-0.3, -0.25) is 5.32 Å². The number of fused-ring (bicyclic) bond motifs is 3. The average molecular weight is 380 g/mol. The monoisotopic (exact) mass is 379 g/mol. The standard InChI is InChI=1S/C22H18ClNO3/c23-20-11-5-6-14(12-25)21(20)24-22(26)27-13-19-17-9-3-1-7-15(17)16-8-2-4-10-18(16)19/h1-11,19,25H,12-13H2,(H,24,26). The summed E-state index contributed by atoms with van der Waals surface area (Å²) in [5.41, 5.74) is 5.57. The minimum absolute atomic E-state index is 0.00768. The molecule has 1 aliphatic rings. The van der Waals surface area contributed by atoms with E-state index in [1.165, 1.54) is 11.1 Å². The van der Waals surface area contributed by atoms with E-state index in [1.54, 1.807) is 18.2 Å². The molecular weight excluding hydrogens is 362 g/mol. The fourth-order valence-corrected chi connectivity index (χ4v) is 3.82. The van der Waals surface area contributed by atoms with Crippen molar-refractivity contribution in [1.82, 2.24) is 0 Å². The summed E-state index contributed by atoms with van der Waals surface area (Å²) < 4.78 is 5.51. The summed E-state index contributed by atoms with van der Waals surface area (Å²) >= 11 is 6.13. The van der Waals surface area contributed by atoms with Gasteiger partial charge in [-0.15, -0.1) is 0 Å². The smallest absolute Gasteiger partial charge is 0.411 e. The highest BCUT2D eigenvalue weighted by atomic mass is 35.5. The molecule has 0 spiro atoms. The molecule has 4 nitrogen and oxygen atoms in total. The third kappa shape index (κ3) is 3.29. The maximum Gasteiger partial charge on any atom is 0.411 e. The maximum absolute atomic E-state index is 12.3. The summed E-state index contributed by atoms with van der Waals surface area (Å²) in [5.74, 6) is -0.00768. The van der Waals surface area contributed by atoms with Gasteiger partial charge in [-0.1, -0.05) is 72.3 Å². The van der Waals surface area contributed by atoms with Crippen LogP contribution in [0.1, 0.15) is 22.6 Å². The first-order valence-electron chi connectivity index (χ1n) is 8.69. The molecule has 0 unspecified atom stereocenters. The zero-order valence-corrected chi connectivity index (χ0v) is 15.2. The Kier molecular flexibility index (Phi) is 4.84. The van der Waals surface area contributed by atoms with Crippen molar-refractivity contribution in [3.63, 3.8) is 0 Å². The molecule has 0 aliphatic heterocycles. The Morgan fingerprint density at radius 3 is 2.22 bits per heavy atom. The quantitative estimate of drug-likeness (QED) is 0.655. The number of halogens is 1. The highest BCUT2D eigenvalue weighted by Crippen LogP contribution is 2.44. The molecule has 1 amide bonds. The van der Waals surface area contributed by atoms with Gasteiger partial charge >= 0.3 is 6.09 Å². The molecule has 1 aliphatic carbocycles. The summed E-state index contributed by atoms with van der Waals surface area (Å²) in [6, 6.07) is 21.4. The van der Waals surface area contributed by atoms with Crippen molar-refractivity contribution < 1.29 is 14.6 Å². The second kappa shape index (κ2) is 7.43. The number of aliphatic hydroxyl groups is 1. The van der Waals surface area contributed by atoms with E-state index in [0.29, 0.717) is 16.3 Å².